The molecule has 1 aliphatic heterocycles. The van der Waals surface area contributed by atoms with Crippen molar-refractivity contribution in [2.75, 3.05) is 13.2 Å². The van der Waals surface area contributed by atoms with E-state index in [0.29, 0.717) is 5.56 Å². The van der Waals surface area contributed by atoms with Crippen LogP contribution >= 0.6 is 0 Å². The lowest BCUT2D eigenvalue weighted by atomic mass is 9.98. The van der Waals surface area contributed by atoms with E-state index in [1.807, 2.05) is 0 Å². The van der Waals surface area contributed by atoms with E-state index < -0.39 is 29.7 Å². The minimum atomic E-state index is -1.02. The monoisotopic (exact) mass is 391 g/mol. The molecule has 28 heavy (non-hydrogen) atoms. The molecule has 1 aromatic rings. The first-order valence-electron chi connectivity index (χ1n) is 9.03. The number of hydroxylamine groups is 2. The Hall–Kier alpha value is -3.03. The molecule has 8 nitrogen and oxygen atoms in total. The van der Waals surface area contributed by atoms with Gasteiger partial charge in [-0.1, -0.05) is 30.3 Å². The summed E-state index contributed by atoms with van der Waals surface area (Å²) in [5.74, 6) is -2.02. The zero-order chi connectivity index (χ0) is 20.9. The first kappa shape index (κ1) is 21.3. The second kappa shape index (κ2) is 8.77. The van der Waals surface area contributed by atoms with E-state index >= 15 is 0 Å². The molecule has 0 saturated heterocycles. The minimum Gasteiger partial charge on any atom is -0.462 e. The van der Waals surface area contributed by atoms with E-state index in [1.54, 1.807) is 65.0 Å². The Morgan fingerprint density at radius 2 is 1.57 bits per heavy atom. The predicted molar refractivity (Wildman–Crippen MR) is 98.6 cm³/mol. The molecule has 0 N–H and O–H groups in total. The molecule has 0 fully saturated rings. The zero-order valence-electron chi connectivity index (χ0n) is 16.7. The van der Waals surface area contributed by atoms with Crippen molar-refractivity contribution in [1.29, 1.82) is 0 Å². The van der Waals surface area contributed by atoms with E-state index in [1.165, 1.54) is 0 Å². The van der Waals surface area contributed by atoms with Gasteiger partial charge in [0.2, 0.25) is 0 Å². The molecule has 8 heteroatoms. The van der Waals surface area contributed by atoms with Crippen LogP contribution in [0.5, 0.6) is 0 Å². The molecule has 0 radical (unpaired) electrons. The highest BCUT2D eigenvalue weighted by Crippen LogP contribution is 2.40. The summed E-state index contributed by atoms with van der Waals surface area (Å²) in [6, 6.07) is 7.67. The third-order valence-corrected chi connectivity index (χ3v) is 3.59. The minimum absolute atomic E-state index is 0.0737. The lowest BCUT2D eigenvalue weighted by Crippen LogP contribution is -2.37. The largest absolute Gasteiger partial charge is 0.462 e. The summed E-state index contributed by atoms with van der Waals surface area (Å²) < 4.78 is 15.5. The van der Waals surface area contributed by atoms with Crippen LogP contribution in [0.15, 0.2) is 41.7 Å². The summed E-state index contributed by atoms with van der Waals surface area (Å²) in [6.07, 6.45) is -0.845. The molecule has 1 aromatic carbocycles. The number of benzene rings is 1. The van der Waals surface area contributed by atoms with Crippen molar-refractivity contribution in [3.8, 4) is 0 Å². The maximum absolute atomic E-state index is 12.7. The van der Waals surface area contributed by atoms with Gasteiger partial charge in [0.15, 0.2) is 0 Å². The van der Waals surface area contributed by atoms with Gasteiger partial charge in [0.25, 0.3) is 5.76 Å². The first-order valence-corrected chi connectivity index (χ1v) is 9.03. The topological polar surface area (TPSA) is 91.4 Å². The standard InChI is InChI=1S/C20H25NO7/c1-6-25-17(22)14-15(13-11-9-8-10-12-13)21(19(24)27-20(3,4)5)28-16(14)18(23)26-7-2/h8-12,15H,6-7H2,1-5H3. The second-order valence-electron chi connectivity index (χ2n) is 6.89. The van der Waals surface area contributed by atoms with Crippen LogP contribution in [0.1, 0.15) is 46.2 Å². The molecular weight excluding hydrogens is 366 g/mol. The van der Waals surface area contributed by atoms with Crippen molar-refractivity contribution in [3.05, 3.63) is 47.2 Å². The van der Waals surface area contributed by atoms with E-state index in [4.69, 9.17) is 19.0 Å². The summed E-state index contributed by atoms with van der Waals surface area (Å²) in [5, 5.41) is 0.860. The Morgan fingerprint density at radius 1 is 1.00 bits per heavy atom. The van der Waals surface area contributed by atoms with Crippen molar-refractivity contribution in [1.82, 2.24) is 5.06 Å². The van der Waals surface area contributed by atoms with Crippen LogP contribution in [-0.2, 0) is 28.6 Å². The Labute approximate surface area is 163 Å². The second-order valence-corrected chi connectivity index (χ2v) is 6.89. The molecule has 0 aromatic heterocycles. The van der Waals surface area contributed by atoms with Crippen LogP contribution in [0.25, 0.3) is 0 Å². The van der Waals surface area contributed by atoms with Gasteiger partial charge in [0.1, 0.15) is 17.2 Å². The lowest BCUT2D eigenvalue weighted by Gasteiger charge is -2.27. The highest BCUT2D eigenvalue weighted by molar-refractivity contribution is 6.01. The highest BCUT2D eigenvalue weighted by atomic mass is 16.8. The number of hydrogen-bond acceptors (Lipinski definition) is 7. The third kappa shape index (κ3) is 4.82. The molecule has 0 spiro atoms. The third-order valence-electron chi connectivity index (χ3n) is 3.59. The lowest BCUT2D eigenvalue weighted by molar-refractivity contribution is -0.155. The van der Waals surface area contributed by atoms with E-state index in [9.17, 15) is 14.4 Å². The zero-order valence-corrected chi connectivity index (χ0v) is 16.7. The Balaban J connectivity index is 2.56. The molecule has 0 bridgehead atoms. The SMILES string of the molecule is CCOC(=O)C1=C(C(=O)OCC)C(c2ccccc2)N(C(=O)OC(C)(C)C)O1. The molecule has 2 rings (SSSR count). The maximum Gasteiger partial charge on any atom is 0.444 e. The van der Waals surface area contributed by atoms with Gasteiger partial charge in [-0.2, -0.15) is 0 Å². The summed E-state index contributed by atoms with van der Waals surface area (Å²) in [7, 11) is 0. The van der Waals surface area contributed by atoms with Crippen molar-refractivity contribution in [2.24, 2.45) is 0 Å². The number of amides is 1. The fourth-order valence-corrected chi connectivity index (χ4v) is 2.59. The van der Waals surface area contributed by atoms with E-state index in [0.717, 1.165) is 5.06 Å². The van der Waals surface area contributed by atoms with Crippen molar-refractivity contribution in [2.45, 2.75) is 46.3 Å². The van der Waals surface area contributed by atoms with Gasteiger partial charge in [-0.3, -0.25) is 0 Å². The van der Waals surface area contributed by atoms with Gasteiger partial charge in [0.05, 0.1) is 13.2 Å². The van der Waals surface area contributed by atoms with Crippen LogP contribution in [-0.4, -0.2) is 41.9 Å². The van der Waals surface area contributed by atoms with Gasteiger partial charge in [-0.15, -0.1) is 5.06 Å². The predicted octanol–water partition coefficient (Wildman–Crippen LogP) is 3.29. The van der Waals surface area contributed by atoms with Gasteiger partial charge in [-0.05, 0) is 40.2 Å². The van der Waals surface area contributed by atoms with Crippen LogP contribution in [0, 0.1) is 0 Å². The highest BCUT2D eigenvalue weighted by Gasteiger charge is 2.48. The Bertz CT molecular complexity index is 765. The molecule has 0 saturated carbocycles. The maximum atomic E-state index is 12.7. The fraction of sp³-hybridized carbons (Fsp3) is 0.450. The number of ether oxygens (including phenoxy) is 3. The molecular formula is C20H25NO7. The number of rotatable bonds is 5. The van der Waals surface area contributed by atoms with Crippen LogP contribution in [0.4, 0.5) is 4.79 Å². The fourth-order valence-electron chi connectivity index (χ4n) is 2.59. The summed E-state index contributed by atoms with van der Waals surface area (Å²) in [4.78, 5) is 43.3. The van der Waals surface area contributed by atoms with Gasteiger partial charge in [-0.25, -0.2) is 14.4 Å². The normalized spacial score (nSPS) is 16.5. The molecule has 1 aliphatic rings. The number of nitrogens with zero attached hydrogens (tertiary/aromatic N) is 1. The van der Waals surface area contributed by atoms with Crippen LogP contribution in [0.3, 0.4) is 0 Å². The smallest absolute Gasteiger partial charge is 0.444 e. The van der Waals surface area contributed by atoms with Crippen LogP contribution in [0.2, 0.25) is 0 Å². The van der Waals surface area contributed by atoms with Crippen molar-refractivity contribution >= 4 is 18.0 Å². The van der Waals surface area contributed by atoms with E-state index in [2.05, 4.69) is 0 Å². The molecule has 1 unspecified atom stereocenters. The van der Waals surface area contributed by atoms with Crippen molar-refractivity contribution < 1.29 is 33.4 Å². The van der Waals surface area contributed by atoms with Gasteiger partial charge in [0, 0.05) is 0 Å². The average Bonchev–Trinajstić information content (AvgIpc) is 3.02. The Morgan fingerprint density at radius 3 is 2.11 bits per heavy atom. The summed E-state index contributed by atoms with van der Waals surface area (Å²) in [5.41, 5.74) is -0.369. The molecule has 1 amide bonds. The number of carbonyl (C=O) groups is 3. The van der Waals surface area contributed by atoms with E-state index in [-0.39, 0.29) is 24.5 Å². The van der Waals surface area contributed by atoms with Crippen LogP contribution < -0.4 is 0 Å². The molecule has 1 heterocycles. The molecule has 0 aliphatic carbocycles. The quantitative estimate of drug-likeness (QED) is 0.562. The summed E-state index contributed by atoms with van der Waals surface area (Å²) in [6.45, 7) is 8.52. The summed E-state index contributed by atoms with van der Waals surface area (Å²) >= 11 is 0. The number of esters is 2. The number of carbonyl (C=O) groups excluding carboxylic acids is 3. The molecule has 152 valence electrons. The molecule has 1 atom stereocenters. The number of hydrogen-bond donors (Lipinski definition) is 0. The average molecular weight is 391 g/mol. The first-order chi connectivity index (χ1) is 13.2. The van der Waals surface area contributed by atoms with Crippen molar-refractivity contribution in [3.63, 3.8) is 0 Å². The van der Waals surface area contributed by atoms with Gasteiger partial charge < -0.3 is 19.0 Å². The Kier molecular flexibility index (Phi) is 6.66. The van der Waals surface area contributed by atoms with Gasteiger partial charge >= 0.3 is 18.0 Å².